The lowest BCUT2D eigenvalue weighted by Crippen LogP contribution is -2.51. The van der Waals surface area contributed by atoms with Gasteiger partial charge in [-0.05, 0) is 37.1 Å². The lowest BCUT2D eigenvalue weighted by Gasteiger charge is -2.35. The van der Waals surface area contributed by atoms with Crippen molar-refractivity contribution in [3.05, 3.63) is 53.6 Å². The van der Waals surface area contributed by atoms with Gasteiger partial charge in [0, 0.05) is 42.7 Å². The van der Waals surface area contributed by atoms with Crippen molar-refractivity contribution >= 4 is 32.6 Å². The molecular weight excluding hydrogens is 396 g/mol. The van der Waals surface area contributed by atoms with Crippen molar-refractivity contribution in [2.45, 2.75) is 37.4 Å². The van der Waals surface area contributed by atoms with Crippen LogP contribution < -0.4 is 20.3 Å². The van der Waals surface area contributed by atoms with Gasteiger partial charge in [0.2, 0.25) is 0 Å². The van der Waals surface area contributed by atoms with Crippen LogP contribution in [0.3, 0.4) is 0 Å². The number of thiazole rings is 1. The molecule has 4 heterocycles. The summed E-state index contributed by atoms with van der Waals surface area (Å²) >= 11 is 1.70. The summed E-state index contributed by atoms with van der Waals surface area (Å²) in [6.45, 7) is 2.69. The Hall–Kier alpha value is -2.64. The van der Waals surface area contributed by atoms with Gasteiger partial charge in [0.05, 0.1) is 22.9 Å². The van der Waals surface area contributed by atoms with Gasteiger partial charge in [-0.15, -0.1) is 0 Å². The fourth-order valence-electron chi connectivity index (χ4n) is 4.99. The van der Waals surface area contributed by atoms with Gasteiger partial charge in [-0.2, -0.15) is 0 Å². The van der Waals surface area contributed by atoms with Crippen molar-refractivity contribution in [3.8, 4) is 5.75 Å². The van der Waals surface area contributed by atoms with Crippen molar-refractivity contribution in [3.63, 3.8) is 0 Å². The minimum Gasteiger partial charge on any atom is -0.493 e. The van der Waals surface area contributed by atoms with E-state index in [2.05, 4.69) is 15.5 Å². The molecule has 2 saturated heterocycles. The quantitative estimate of drug-likeness (QED) is 0.679. The summed E-state index contributed by atoms with van der Waals surface area (Å²) in [7, 11) is 0. The molecule has 1 amide bonds. The molecule has 1 aromatic heterocycles. The third-order valence-electron chi connectivity index (χ3n) is 6.50. The summed E-state index contributed by atoms with van der Waals surface area (Å²) in [5, 5.41) is 7.81. The molecule has 0 radical (unpaired) electrons. The largest absolute Gasteiger partial charge is 0.493 e. The zero-order valence-corrected chi connectivity index (χ0v) is 17.5. The van der Waals surface area contributed by atoms with Gasteiger partial charge < -0.3 is 20.3 Å². The molecule has 0 aliphatic carbocycles. The standard InChI is InChI=1S/C23H24N4O2S/c28-22(25-18-9-10-29-20-4-2-1-3-17(18)20)14-5-8-19-21(11-14)30-23(26-19)27-15-6-7-16(27)13-24-12-15/h1-5,8,11,15-16,18,24H,6-7,9-10,12-13H2,(H,25,28). The number of para-hydroxylation sites is 1. The maximum absolute atomic E-state index is 13.0. The van der Waals surface area contributed by atoms with E-state index in [1.54, 1.807) is 11.3 Å². The van der Waals surface area contributed by atoms with Gasteiger partial charge >= 0.3 is 0 Å². The number of fused-ring (bicyclic) bond motifs is 4. The first-order valence-electron chi connectivity index (χ1n) is 10.7. The third kappa shape index (κ3) is 3.04. The molecule has 6 nitrogen and oxygen atoms in total. The van der Waals surface area contributed by atoms with Crippen LogP contribution in [0.25, 0.3) is 10.2 Å². The topological polar surface area (TPSA) is 66.5 Å². The highest BCUT2D eigenvalue weighted by molar-refractivity contribution is 7.22. The number of carbonyl (C=O) groups is 1. The van der Waals surface area contributed by atoms with Crippen molar-refractivity contribution in [1.82, 2.24) is 15.6 Å². The second-order valence-electron chi connectivity index (χ2n) is 8.33. The average Bonchev–Trinajstić information content (AvgIpc) is 3.30. The Kier molecular flexibility index (Phi) is 4.39. The third-order valence-corrected chi connectivity index (χ3v) is 7.54. The molecule has 3 aromatic rings. The minimum atomic E-state index is -0.0456. The number of hydrogen-bond acceptors (Lipinski definition) is 6. The molecule has 3 unspecified atom stereocenters. The van der Waals surface area contributed by atoms with Crippen LogP contribution in [0.1, 0.15) is 41.2 Å². The van der Waals surface area contributed by atoms with Crippen LogP contribution >= 0.6 is 11.3 Å². The molecule has 30 heavy (non-hydrogen) atoms. The van der Waals surface area contributed by atoms with Crippen LogP contribution in [0.5, 0.6) is 5.75 Å². The minimum absolute atomic E-state index is 0.0216. The van der Waals surface area contributed by atoms with Crippen LogP contribution in [0.15, 0.2) is 42.5 Å². The van der Waals surface area contributed by atoms with Crippen molar-refractivity contribution in [1.29, 1.82) is 0 Å². The summed E-state index contributed by atoms with van der Waals surface area (Å²) in [5.74, 6) is 0.818. The maximum atomic E-state index is 13.0. The predicted molar refractivity (Wildman–Crippen MR) is 119 cm³/mol. The van der Waals surface area contributed by atoms with Crippen LogP contribution in [-0.4, -0.2) is 42.7 Å². The van der Waals surface area contributed by atoms with E-state index >= 15 is 0 Å². The number of carbonyl (C=O) groups excluding carboxylic acids is 1. The van der Waals surface area contributed by atoms with Crippen LogP contribution in [0.4, 0.5) is 5.13 Å². The van der Waals surface area contributed by atoms with E-state index in [-0.39, 0.29) is 11.9 Å². The molecule has 2 N–H and O–H groups in total. The van der Waals surface area contributed by atoms with E-state index in [9.17, 15) is 4.79 Å². The van der Waals surface area contributed by atoms with Crippen LogP contribution in [-0.2, 0) is 0 Å². The first kappa shape index (κ1) is 18.2. The second kappa shape index (κ2) is 7.25. The van der Waals surface area contributed by atoms with E-state index in [4.69, 9.17) is 9.72 Å². The zero-order valence-electron chi connectivity index (χ0n) is 16.6. The summed E-state index contributed by atoms with van der Waals surface area (Å²) < 4.78 is 6.79. The molecule has 3 atom stereocenters. The summed E-state index contributed by atoms with van der Waals surface area (Å²) in [5.41, 5.74) is 2.71. The number of nitrogens with zero attached hydrogens (tertiary/aromatic N) is 2. The Bertz CT molecular complexity index is 1100. The van der Waals surface area contributed by atoms with Crippen molar-refractivity contribution < 1.29 is 9.53 Å². The number of nitrogens with one attached hydrogen (secondary N) is 2. The first-order chi connectivity index (χ1) is 14.8. The molecule has 154 valence electrons. The molecule has 7 heteroatoms. The van der Waals surface area contributed by atoms with E-state index in [1.807, 2.05) is 42.5 Å². The average molecular weight is 421 g/mol. The van der Waals surface area contributed by atoms with E-state index < -0.39 is 0 Å². The van der Waals surface area contributed by atoms with Crippen LogP contribution in [0.2, 0.25) is 0 Å². The molecular formula is C23H24N4O2S. The highest BCUT2D eigenvalue weighted by atomic mass is 32.1. The Morgan fingerprint density at radius 3 is 2.83 bits per heavy atom. The smallest absolute Gasteiger partial charge is 0.251 e. The molecule has 0 saturated carbocycles. The molecule has 2 aromatic carbocycles. The number of anilines is 1. The molecule has 0 spiro atoms. The Morgan fingerprint density at radius 2 is 1.97 bits per heavy atom. The summed E-state index contributed by atoms with van der Waals surface area (Å²) in [4.78, 5) is 20.4. The molecule has 2 fully saturated rings. The number of aromatic nitrogens is 1. The number of rotatable bonds is 3. The summed E-state index contributed by atoms with van der Waals surface area (Å²) in [6, 6.07) is 14.9. The molecule has 3 aliphatic heterocycles. The number of hydrogen-bond donors (Lipinski definition) is 2. The van der Waals surface area contributed by atoms with Gasteiger partial charge in [-0.25, -0.2) is 4.98 Å². The van der Waals surface area contributed by atoms with E-state index in [1.165, 1.54) is 12.8 Å². The summed E-state index contributed by atoms with van der Waals surface area (Å²) in [6.07, 6.45) is 3.24. The highest BCUT2D eigenvalue weighted by Crippen LogP contribution is 2.38. The first-order valence-corrected chi connectivity index (χ1v) is 11.5. The van der Waals surface area contributed by atoms with Crippen molar-refractivity contribution in [2.75, 3.05) is 24.6 Å². The Labute approximate surface area is 179 Å². The van der Waals surface area contributed by atoms with E-state index in [0.717, 1.165) is 46.2 Å². The van der Waals surface area contributed by atoms with Gasteiger partial charge in [0.25, 0.3) is 5.91 Å². The normalized spacial score (nSPS) is 25.1. The number of amides is 1. The predicted octanol–water partition coefficient (Wildman–Crippen LogP) is 3.49. The maximum Gasteiger partial charge on any atom is 0.251 e. The van der Waals surface area contributed by atoms with Gasteiger partial charge in [0.1, 0.15) is 5.75 Å². The highest BCUT2D eigenvalue weighted by Gasteiger charge is 2.38. The molecule has 2 bridgehead atoms. The number of piperazine rings is 1. The second-order valence-corrected chi connectivity index (χ2v) is 9.34. The molecule has 3 aliphatic rings. The number of ether oxygens (including phenoxy) is 1. The van der Waals surface area contributed by atoms with Crippen molar-refractivity contribution in [2.24, 2.45) is 0 Å². The van der Waals surface area contributed by atoms with Gasteiger partial charge in [-0.1, -0.05) is 29.5 Å². The molecule has 6 rings (SSSR count). The lowest BCUT2D eigenvalue weighted by atomic mass is 10.00. The monoisotopic (exact) mass is 420 g/mol. The Morgan fingerprint density at radius 1 is 1.13 bits per heavy atom. The van der Waals surface area contributed by atoms with E-state index in [0.29, 0.717) is 24.3 Å². The van der Waals surface area contributed by atoms with Gasteiger partial charge in [0.15, 0.2) is 5.13 Å². The number of benzene rings is 2. The SMILES string of the molecule is O=C(NC1CCOc2ccccc21)c1ccc2nc(N3C4CCC3CNC4)sc2c1. The lowest BCUT2D eigenvalue weighted by molar-refractivity contribution is 0.0925. The fourth-order valence-corrected chi connectivity index (χ4v) is 6.14. The Balaban J connectivity index is 1.25. The fraction of sp³-hybridized carbons (Fsp3) is 0.391. The zero-order chi connectivity index (χ0) is 20.1. The van der Waals surface area contributed by atoms with Gasteiger partial charge in [-0.3, -0.25) is 4.79 Å². The van der Waals surface area contributed by atoms with Crippen LogP contribution in [0, 0.1) is 0 Å².